The third-order valence-corrected chi connectivity index (χ3v) is 3.02. The molecule has 0 fully saturated rings. The van der Waals surface area contributed by atoms with Gasteiger partial charge < -0.3 is 10.2 Å². The van der Waals surface area contributed by atoms with Gasteiger partial charge in [0.1, 0.15) is 0 Å². The van der Waals surface area contributed by atoms with Crippen molar-refractivity contribution in [3.8, 4) is 0 Å². The molecule has 1 N–H and O–H groups in total. The molecule has 4 nitrogen and oxygen atoms in total. The van der Waals surface area contributed by atoms with Crippen LogP contribution in [-0.2, 0) is 9.59 Å². The molecule has 0 saturated heterocycles. The van der Waals surface area contributed by atoms with Crippen LogP contribution in [0.1, 0.15) is 19.8 Å². The predicted octanol–water partition coefficient (Wildman–Crippen LogP) is 2.65. The molecule has 1 rings (SSSR count). The molecule has 0 aliphatic carbocycles. The van der Waals surface area contributed by atoms with E-state index in [0.29, 0.717) is 12.2 Å². The molecule has 0 aliphatic rings. The van der Waals surface area contributed by atoms with Crippen LogP contribution >= 0.6 is 15.9 Å². The molecule has 0 radical (unpaired) electrons. The Balaban J connectivity index is 2.54. The molecule has 2 amide bonds. The Morgan fingerprint density at radius 2 is 1.89 bits per heavy atom. The van der Waals surface area contributed by atoms with Crippen molar-refractivity contribution in [2.75, 3.05) is 18.9 Å². The lowest BCUT2D eigenvalue weighted by Crippen LogP contribution is -2.37. The van der Waals surface area contributed by atoms with Crippen molar-refractivity contribution in [3.63, 3.8) is 0 Å². The molecule has 18 heavy (non-hydrogen) atoms. The largest absolute Gasteiger partial charge is 0.338 e. The van der Waals surface area contributed by atoms with E-state index < -0.39 is 11.8 Å². The Morgan fingerprint density at radius 3 is 2.44 bits per heavy atom. The van der Waals surface area contributed by atoms with Crippen LogP contribution < -0.4 is 5.32 Å². The molecule has 1 aromatic rings. The minimum atomic E-state index is -0.601. The monoisotopic (exact) mass is 312 g/mol. The van der Waals surface area contributed by atoms with Gasteiger partial charge in [-0.1, -0.05) is 29.3 Å². The standard InChI is InChI=1S/C13H17BrN2O2/c1-3-4-9-16(2)13(18)12(17)15-11-7-5-10(14)6-8-11/h5-8H,3-4,9H2,1-2H3,(H,15,17). The molecule has 5 heteroatoms. The summed E-state index contributed by atoms with van der Waals surface area (Å²) in [6.45, 7) is 2.64. The number of nitrogens with one attached hydrogen (secondary N) is 1. The lowest BCUT2D eigenvalue weighted by atomic mass is 10.3. The summed E-state index contributed by atoms with van der Waals surface area (Å²) in [6.07, 6.45) is 1.89. The number of hydrogen-bond donors (Lipinski definition) is 1. The summed E-state index contributed by atoms with van der Waals surface area (Å²) >= 11 is 3.30. The van der Waals surface area contributed by atoms with E-state index in [9.17, 15) is 9.59 Å². The molecule has 0 aromatic heterocycles. The fraction of sp³-hybridized carbons (Fsp3) is 0.385. The molecule has 98 valence electrons. The first-order valence-corrected chi connectivity index (χ1v) is 6.66. The van der Waals surface area contributed by atoms with Crippen LogP contribution in [0, 0.1) is 0 Å². The van der Waals surface area contributed by atoms with Gasteiger partial charge in [-0.05, 0) is 30.7 Å². The van der Waals surface area contributed by atoms with Gasteiger partial charge in [0, 0.05) is 23.8 Å². The van der Waals surface area contributed by atoms with Crippen molar-refractivity contribution < 1.29 is 9.59 Å². The van der Waals surface area contributed by atoms with Crippen LogP contribution in [0.2, 0.25) is 0 Å². The highest BCUT2D eigenvalue weighted by Gasteiger charge is 2.17. The van der Waals surface area contributed by atoms with Gasteiger partial charge in [0.25, 0.3) is 0 Å². The average Bonchev–Trinajstić information content (AvgIpc) is 2.37. The van der Waals surface area contributed by atoms with E-state index in [1.165, 1.54) is 4.90 Å². The number of amides is 2. The number of carbonyl (C=O) groups excluding carboxylic acids is 2. The van der Waals surface area contributed by atoms with Crippen molar-refractivity contribution >= 4 is 33.4 Å². The second kappa shape index (κ2) is 7.16. The first-order valence-electron chi connectivity index (χ1n) is 5.86. The number of nitrogens with zero attached hydrogens (tertiary/aromatic N) is 1. The Hall–Kier alpha value is -1.36. The van der Waals surface area contributed by atoms with Crippen molar-refractivity contribution in [1.29, 1.82) is 0 Å². The number of carbonyl (C=O) groups is 2. The van der Waals surface area contributed by atoms with E-state index in [2.05, 4.69) is 21.2 Å². The number of benzene rings is 1. The molecule has 0 aliphatic heterocycles. The van der Waals surface area contributed by atoms with E-state index in [4.69, 9.17) is 0 Å². The summed E-state index contributed by atoms with van der Waals surface area (Å²) in [6, 6.07) is 7.09. The molecule has 1 aromatic carbocycles. The summed E-state index contributed by atoms with van der Waals surface area (Å²) in [7, 11) is 1.64. The van der Waals surface area contributed by atoms with Gasteiger partial charge in [-0.3, -0.25) is 9.59 Å². The Kier molecular flexibility index (Phi) is 5.85. The fourth-order valence-corrected chi connectivity index (χ4v) is 1.65. The van der Waals surface area contributed by atoms with Crippen LogP contribution in [-0.4, -0.2) is 30.3 Å². The van der Waals surface area contributed by atoms with Crippen LogP contribution in [0.15, 0.2) is 28.7 Å². The van der Waals surface area contributed by atoms with Gasteiger partial charge in [0.2, 0.25) is 0 Å². The summed E-state index contributed by atoms with van der Waals surface area (Å²) in [5.41, 5.74) is 0.612. The maximum absolute atomic E-state index is 11.7. The minimum absolute atomic E-state index is 0.508. The third kappa shape index (κ3) is 4.49. The Labute approximate surface area is 115 Å². The van der Waals surface area contributed by atoms with Gasteiger partial charge in [-0.2, -0.15) is 0 Å². The molecule has 0 saturated carbocycles. The summed E-state index contributed by atoms with van der Waals surface area (Å²) in [5, 5.41) is 2.58. The van der Waals surface area contributed by atoms with Gasteiger partial charge >= 0.3 is 11.8 Å². The summed E-state index contributed by atoms with van der Waals surface area (Å²) < 4.78 is 0.923. The smallest absolute Gasteiger partial charge is 0.313 e. The van der Waals surface area contributed by atoms with Crippen molar-refractivity contribution in [1.82, 2.24) is 4.90 Å². The van der Waals surface area contributed by atoms with E-state index in [0.717, 1.165) is 17.3 Å². The highest BCUT2D eigenvalue weighted by molar-refractivity contribution is 9.10. The number of rotatable bonds is 4. The fourth-order valence-electron chi connectivity index (χ4n) is 1.39. The average molecular weight is 313 g/mol. The first kappa shape index (κ1) is 14.7. The second-order valence-electron chi connectivity index (χ2n) is 4.04. The van der Waals surface area contributed by atoms with E-state index in [1.807, 2.05) is 6.92 Å². The van der Waals surface area contributed by atoms with E-state index >= 15 is 0 Å². The van der Waals surface area contributed by atoms with Gasteiger partial charge in [0.15, 0.2) is 0 Å². The lowest BCUT2D eigenvalue weighted by Gasteiger charge is -2.16. The van der Waals surface area contributed by atoms with Gasteiger partial charge in [0.05, 0.1) is 0 Å². The lowest BCUT2D eigenvalue weighted by molar-refractivity contribution is -0.142. The number of unbranched alkanes of at least 4 members (excludes halogenated alkanes) is 1. The zero-order chi connectivity index (χ0) is 13.5. The molecule has 0 unspecified atom stereocenters. The second-order valence-corrected chi connectivity index (χ2v) is 4.96. The topological polar surface area (TPSA) is 49.4 Å². The third-order valence-electron chi connectivity index (χ3n) is 2.49. The first-order chi connectivity index (χ1) is 8.54. The molecule has 0 atom stereocenters. The Morgan fingerprint density at radius 1 is 1.28 bits per heavy atom. The number of hydrogen-bond acceptors (Lipinski definition) is 2. The van der Waals surface area contributed by atoms with Crippen LogP contribution in [0.5, 0.6) is 0 Å². The Bertz CT molecular complexity index is 418. The zero-order valence-electron chi connectivity index (χ0n) is 10.6. The van der Waals surface area contributed by atoms with Crippen LogP contribution in [0.25, 0.3) is 0 Å². The van der Waals surface area contributed by atoms with Crippen molar-refractivity contribution in [3.05, 3.63) is 28.7 Å². The number of likely N-dealkylation sites (N-methyl/N-ethyl adjacent to an activating group) is 1. The molecule has 0 heterocycles. The molecule has 0 spiro atoms. The van der Waals surface area contributed by atoms with Gasteiger partial charge in [-0.25, -0.2) is 0 Å². The van der Waals surface area contributed by atoms with Crippen molar-refractivity contribution in [2.24, 2.45) is 0 Å². The summed E-state index contributed by atoms with van der Waals surface area (Å²) in [5.74, 6) is -1.11. The predicted molar refractivity (Wildman–Crippen MR) is 75.3 cm³/mol. The molecule has 0 bridgehead atoms. The zero-order valence-corrected chi connectivity index (χ0v) is 12.2. The number of halogens is 1. The quantitative estimate of drug-likeness (QED) is 0.869. The number of anilines is 1. The minimum Gasteiger partial charge on any atom is -0.338 e. The normalized spacial score (nSPS) is 9.94. The van der Waals surface area contributed by atoms with E-state index in [-0.39, 0.29) is 0 Å². The van der Waals surface area contributed by atoms with Crippen LogP contribution in [0.4, 0.5) is 5.69 Å². The van der Waals surface area contributed by atoms with Crippen LogP contribution in [0.3, 0.4) is 0 Å². The highest BCUT2D eigenvalue weighted by Crippen LogP contribution is 2.14. The SMILES string of the molecule is CCCCN(C)C(=O)C(=O)Nc1ccc(Br)cc1. The highest BCUT2D eigenvalue weighted by atomic mass is 79.9. The maximum Gasteiger partial charge on any atom is 0.313 e. The van der Waals surface area contributed by atoms with E-state index in [1.54, 1.807) is 31.3 Å². The maximum atomic E-state index is 11.7. The van der Waals surface area contributed by atoms with Gasteiger partial charge in [-0.15, -0.1) is 0 Å². The molecular formula is C13H17BrN2O2. The summed E-state index contributed by atoms with van der Waals surface area (Å²) in [4.78, 5) is 24.9. The van der Waals surface area contributed by atoms with Crippen molar-refractivity contribution in [2.45, 2.75) is 19.8 Å². The molecular weight excluding hydrogens is 296 g/mol.